The van der Waals surface area contributed by atoms with Crippen molar-refractivity contribution in [1.82, 2.24) is 20.1 Å². The molecule has 0 aliphatic carbocycles. The van der Waals surface area contributed by atoms with Gasteiger partial charge in [-0.25, -0.2) is 4.68 Å². The summed E-state index contributed by atoms with van der Waals surface area (Å²) < 4.78 is 25.3. The monoisotopic (exact) mass is 302 g/mol. The zero-order chi connectivity index (χ0) is 15.5. The van der Waals surface area contributed by atoms with Gasteiger partial charge in [0.05, 0.1) is 5.52 Å². The van der Waals surface area contributed by atoms with E-state index in [1.807, 2.05) is 30.3 Å². The minimum atomic E-state index is -2.76. The summed E-state index contributed by atoms with van der Waals surface area (Å²) in [4.78, 5) is 16.1. The number of hydrogen-bond donors (Lipinski definition) is 1. The smallest absolute Gasteiger partial charge is 0.333 e. The first-order valence-corrected chi connectivity index (χ1v) is 6.58. The highest BCUT2D eigenvalue weighted by Crippen LogP contribution is 2.13. The van der Waals surface area contributed by atoms with Gasteiger partial charge in [-0.2, -0.15) is 13.9 Å². The first-order valence-electron chi connectivity index (χ1n) is 6.58. The topological polar surface area (TPSA) is 59.8 Å². The Kier molecular flexibility index (Phi) is 3.78. The van der Waals surface area contributed by atoms with Crippen molar-refractivity contribution in [3.05, 3.63) is 60.0 Å². The Morgan fingerprint density at radius 3 is 2.91 bits per heavy atom. The highest BCUT2D eigenvalue weighted by atomic mass is 19.3. The van der Waals surface area contributed by atoms with Crippen LogP contribution in [0, 0.1) is 0 Å². The normalized spacial score (nSPS) is 11.0. The summed E-state index contributed by atoms with van der Waals surface area (Å²) >= 11 is 0. The molecule has 3 aromatic rings. The van der Waals surface area contributed by atoms with Gasteiger partial charge in [0.1, 0.15) is 5.69 Å². The Labute approximate surface area is 124 Å². The van der Waals surface area contributed by atoms with Crippen LogP contribution in [-0.2, 0) is 6.54 Å². The summed E-state index contributed by atoms with van der Waals surface area (Å²) in [5.74, 6) is -0.495. The maximum Gasteiger partial charge on any atom is 0.333 e. The lowest BCUT2D eigenvalue weighted by Gasteiger charge is -2.05. The van der Waals surface area contributed by atoms with E-state index in [4.69, 9.17) is 0 Å². The number of carbonyl (C=O) groups is 1. The number of nitrogens with zero attached hydrogens (tertiary/aromatic N) is 3. The number of fused-ring (bicyclic) bond motifs is 1. The van der Waals surface area contributed by atoms with E-state index in [9.17, 15) is 13.6 Å². The van der Waals surface area contributed by atoms with Crippen LogP contribution in [0.2, 0.25) is 0 Å². The Bertz CT molecular complexity index is 816. The van der Waals surface area contributed by atoms with Crippen LogP contribution in [0.5, 0.6) is 0 Å². The number of hydrogen-bond acceptors (Lipinski definition) is 3. The molecule has 0 aliphatic rings. The summed E-state index contributed by atoms with van der Waals surface area (Å²) in [5.41, 5.74) is 1.72. The predicted molar refractivity (Wildman–Crippen MR) is 76.4 cm³/mol. The number of aromatic nitrogens is 3. The number of alkyl halides is 2. The molecular weight excluding hydrogens is 290 g/mol. The maximum absolute atomic E-state index is 12.4. The average Bonchev–Trinajstić information content (AvgIpc) is 3.03. The number of nitrogens with one attached hydrogen (secondary N) is 1. The van der Waals surface area contributed by atoms with E-state index in [0.717, 1.165) is 22.7 Å². The van der Waals surface area contributed by atoms with Gasteiger partial charge in [0, 0.05) is 24.3 Å². The molecule has 1 N–H and O–H groups in total. The molecule has 0 atom stereocenters. The van der Waals surface area contributed by atoms with Crippen molar-refractivity contribution in [3.8, 4) is 0 Å². The quantitative estimate of drug-likeness (QED) is 0.806. The molecule has 0 saturated carbocycles. The second-order valence-corrected chi connectivity index (χ2v) is 4.67. The molecule has 7 heteroatoms. The summed E-state index contributed by atoms with van der Waals surface area (Å²) in [6.45, 7) is -2.47. The van der Waals surface area contributed by atoms with Crippen molar-refractivity contribution in [3.63, 3.8) is 0 Å². The van der Waals surface area contributed by atoms with Crippen LogP contribution >= 0.6 is 0 Å². The lowest BCUT2D eigenvalue weighted by Crippen LogP contribution is -2.23. The number of carbonyl (C=O) groups excluding carboxylic acids is 1. The molecule has 112 valence electrons. The van der Waals surface area contributed by atoms with Crippen LogP contribution in [0.3, 0.4) is 0 Å². The Morgan fingerprint density at radius 2 is 2.14 bits per heavy atom. The molecule has 2 aromatic heterocycles. The highest BCUT2D eigenvalue weighted by molar-refractivity contribution is 5.92. The molecule has 5 nitrogen and oxygen atoms in total. The van der Waals surface area contributed by atoms with Gasteiger partial charge in [-0.1, -0.05) is 12.1 Å². The minimum Gasteiger partial charge on any atom is -0.347 e. The van der Waals surface area contributed by atoms with Crippen LogP contribution < -0.4 is 5.32 Å². The summed E-state index contributed by atoms with van der Waals surface area (Å²) in [7, 11) is 0. The molecule has 2 heterocycles. The third kappa shape index (κ3) is 2.93. The van der Waals surface area contributed by atoms with Gasteiger partial charge < -0.3 is 5.32 Å². The van der Waals surface area contributed by atoms with Crippen molar-refractivity contribution in [1.29, 1.82) is 0 Å². The van der Waals surface area contributed by atoms with Crippen molar-refractivity contribution >= 4 is 16.8 Å². The molecular formula is C15H12F2N4O. The Morgan fingerprint density at radius 1 is 1.27 bits per heavy atom. The number of benzene rings is 1. The molecule has 0 radical (unpaired) electrons. The number of pyridine rings is 1. The van der Waals surface area contributed by atoms with Crippen LogP contribution in [0.4, 0.5) is 8.78 Å². The summed E-state index contributed by atoms with van der Waals surface area (Å²) in [6, 6.07) is 10.7. The lowest BCUT2D eigenvalue weighted by molar-refractivity contribution is 0.0560. The van der Waals surface area contributed by atoms with E-state index in [-0.39, 0.29) is 12.2 Å². The Hall–Kier alpha value is -2.83. The molecule has 0 spiro atoms. The second-order valence-electron chi connectivity index (χ2n) is 4.67. The summed E-state index contributed by atoms with van der Waals surface area (Å²) in [6.07, 6.45) is 2.78. The van der Waals surface area contributed by atoms with Gasteiger partial charge in [0.25, 0.3) is 5.91 Å². The molecule has 0 fully saturated rings. The molecule has 1 amide bonds. The van der Waals surface area contributed by atoms with Crippen LogP contribution in [0.25, 0.3) is 10.9 Å². The van der Waals surface area contributed by atoms with E-state index in [2.05, 4.69) is 15.4 Å². The summed E-state index contributed by atoms with van der Waals surface area (Å²) in [5, 5.41) is 7.14. The van der Waals surface area contributed by atoms with Gasteiger partial charge in [-0.05, 0) is 29.8 Å². The molecule has 3 rings (SSSR count). The minimum absolute atomic E-state index is 0.0391. The third-order valence-electron chi connectivity index (χ3n) is 3.16. The van der Waals surface area contributed by atoms with Gasteiger partial charge in [-0.15, -0.1) is 0 Å². The van der Waals surface area contributed by atoms with E-state index in [1.54, 1.807) is 6.20 Å². The second kappa shape index (κ2) is 5.88. The number of amides is 1. The molecule has 0 unspecified atom stereocenters. The number of rotatable bonds is 4. The van der Waals surface area contributed by atoms with Crippen LogP contribution in [0.15, 0.2) is 48.8 Å². The zero-order valence-electron chi connectivity index (χ0n) is 11.4. The first-order chi connectivity index (χ1) is 10.6. The first kappa shape index (κ1) is 14.1. The predicted octanol–water partition coefficient (Wildman–Crippen LogP) is 2.76. The van der Waals surface area contributed by atoms with Gasteiger partial charge in [0.2, 0.25) is 0 Å². The number of halogens is 2. The third-order valence-corrected chi connectivity index (χ3v) is 3.16. The fourth-order valence-corrected chi connectivity index (χ4v) is 2.08. The van der Waals surface area contributed by atoms with Crippen molar-refractivity contribution in [2.45, 2.75) is 13.1 Å². The molecule has 1 aromatic carbocycles. The van der Waals surface area contributed by atoms with Crippen LogP contribution in [0.1, 0.15) is 22.6 Å². The molecule has 0 aliphatic heterocycles. The fourth-order valence-electron chi connectivity index (χ4n) is 2.08. The van der Waals surface area contributed by atoms with E-state index in [1.165, 1.54) is 6.07 Å². The molecule has 0 bridgehead atoms. The maximum atomic E-state index is 12.4. The SMILES string of the molecule is O=C(NCc1ccc2ncccc2c1)c1ccn(C(F)F)n1. The highest BCUT2D eigenvalue weighted by Gasteiger charge is 2.13. The van der Waals surface area contributed by atoms with E-state index < -0.39 is 12.5 Å². The molecule has 0 saturated heterocycles. The van der Waals surface area contributed by atoms with Crippen LogP contribution in [-0.4, -0.2) is 20.7 Å². The fraction of sp³-hybridized carbons (Fsp3) is 0.133. The van der Waals surface area contributed by atoms with Crippen molar-refractivity contribution in [2.75, 3.05) is 0 Å². The van der Waals surface area contributed by atoms with Crippen molar-refractivity contribution < 1.29 is 13.6 Å². The Balaban J connectivity index is 1.68. The lowest BCUT2D eigenvalue weighted by atomic mass is 10.1. The average molecular weight is 302 g/mol. The van der Waals surface area contributed by atoms with Gasteiger partial charge >= 0.3 is 6.55 Å². The van der Waals surface area contributed by atoms with Crippen molar-refractivity contribution in [2.24, 2.45) is 0 Å². The largest absolute Gasteiger partial charge is 0.347 e. The molecule has 22 heavy (non-hydrogen) atoms. The van der Waals surface area contributed by atoms with Gasteiger partial charge in [0.15, 0.2) is 0 Å². The zero-order valence-corrected chi connectivity index (χ0v) is 11.4. The van der Waals surface area contributed by atoms with E-state index >= 15 is 0 Å². The van der Waals surface area contributed by atoms with Gasteiger partial charge in [-0.3, -0.25) is 9.78 Å². The van der Waals surface area contributed by atoms with E-state index in [0.29, 0.717) is 4.68 Å². The standard InChI is InChI=1S/C15H12F2N4O/c16-15(17)21-7-5-13(20-21)14(22)19-9-10-3-4-12-11(8-10)2-1-6-18-12/h1-8,15H,9H2,(H,19,22).